The number of benzene rings is 1. The number of ether oxygens (including phenoxy) is 1. The summed E-state index contributed by atoms with van der Waals surface area (Å²) in [5, 5.41) is 8.30. The molecule has 0 spiro atoms. The quantitative estimate of drug-likeness (QED) is 0.573. The second kappa shape index (κ2) is 9.27. The van der Waals surface area contributed by atoms with Gasteiger partial charge in [0.05, 0.1) is 30.8 Å². The molecule has 0 unspecified atom stereocenters. The van der Waals surface area contributed by atoms with E-state index in [-0.39, 0.29) is 17.9 Å². The van der Waals surface area contributed by atoms with Crippen LogP contribution < -0.4 is 9.64 Å². The van der Waals surface area contributed by atoms with E-state index in [0.29, 0.717) is 37.3 Å². The number of carbonyl (C=O) groups is 1. The summed E-state index contributed by atoms with van der Waals surface area (Å²) in [6.07, 6.45) is -0.221. The van der Waals surface area contributed by atoms with Gasteiger partial charge in [-0.05, 0) is 32.4 Å². The Labute approximate surface area is 194 Å². The molecular weight excluding hydrogens is 451 g/mol. The molecule has 1 aliphatic heterocycles. The minimum Gasteiger partial charge on any atom is -0.480 e. The lowest BCUT2D eigenvalue weighted by Gasteiger charge is -2.27. The molecular formula is C22H24F3N7O2. The normalized spacial score (nSPS) is 16.9. The molecule has 1 saturated heterocycles. The minimum atomic E-state index is -4.62. The van der Waals surface area contributed by atoms with Gasteiger partial charge in [0.1, 0.15) is 5.56 Å². The second-order valence-corrected chi connectivity index (χ2v) is 8.05. The number of aryl methyl sites for hydroxylation is 1. The number of hydrogen-bond donors (Lipinski definition) is 0. The van der Waals surface area contributed by atoms with Crippen LogP contribution in [-0.2, 0) is 6.18 Å². The number of aromatic nitrogens is 5. The fourth-order valence-electron chi connectivity index (χ4n) is 3.91. The number of amides is 1. The highest BCUT2D eigenvalue weighted by molar-refractivity contribution is 5.98. The van der Waals surface area contributed by atoms with E-state index in [1.54, 1.807) is 34.3 Å². The van der Waals surface area contributed by atoms with Gasteiger partial charge >= 0.3 is 6.18 Å². The molecule has 2 aromatic heterocycles. The van der Waals surface area contributed by atoms with E-state index in [2.05, 4.69) is 20.2 Å². The lowest BCUT2D eigenvalue weighted by molar-refractivity contribution is -0.139. The highest BCUT2D eigenvalue weighted by Gasteiger charge is 2.37. The van der Waals surface area contributed by atoms with Crippen molar-refractivity contribution < 1.29 is 22.7 Å². The molecule has 1 aliphatic rings. The van der Waals surface area contributed by atoms with Crippen LogP contribution in [0.3, 0.4) is 0 Å². The van der Waals surface area contributed by atoms with E-state index in [0.717, 1.165) is 18.9 Å². The van der Waals surface area contributed by atoms with Crippen molar-refractivity contribution in [2.24, 2.45) is 0 Å². The molecule has 1 amide bonds. The monoisotopic (exact) mass is 475 g/mol. The Balaban J connectivity index is 1.58. The molecule has 3 aromatic rings. The third-order valence-corrected chi connectivity index (χ3v) is 5.76. The van der Waals surface area contributed by atoms with Crippen molar-refractivity contribution >= 4 is 11.9 Å². The summed E-state index contributed by atoms with van der Waals surface area (Å²) < 4.78 is 44.3. The molecule has 1 atom stereocenters. The van der Waals surface area contributed by atoms with Gasteiger partial charge < -0.3 is 14.5 Å². The lowest BCUT2D eigenvalue weighted by Crippen LogP contribution is -2.40. The second-order valence-electron chi connectivity index (χ2n) is 8.05. The molecule has 34 heavy (non-hydrogen) atoms. The first-order valence-electron chi connectivity index (χ1n) is 10.7. The van der Waals surface area contributed by atoms with Crippen molar-refractivity contribution in [3.05, 3.63) is 53.5 Å². The molecule has 3 heterocycles. The molecule has 180 valence electrons. The number of hydrogen-bond acceptors (Lipinski definition) is 7. The Morgan fingerprint density at radius 2 is 1.88 bits per heavy atom. The number of methoxy groups -OCH3 is 1. The van der Waals surface area contributed by atoms with Crippen molar-refractivity contribution in [3.63, 3.8) is 0 Å². The summed E-state index contributed by atoms with van der Waals surface area (Å²) in [5.41, 5.74) is 0.945. The van der Waals surface area contributed by atoms with Crippen molar-refractivity contribution in [1.29, 1.82) is 0 Å². The largest absolute Gasteiger partial charge is 0.480 e. The van der Waals surface area contributed by atoms with E-state index < -0.39 is 17.6 Å². The van der Waals surface area contributed by atoms with E-state index in [4.69, 9.17) is 4.74 Å². The van der Waals surface area contributed by atoms with Crippen molar-refractivity contribution in [2.45, 2.75) is 32.5 Å². The molecule has 0 aliphatic carbocycles. The average molecular weight is 475 g/mol. The predicted octanol–water partition coefficient (Wildman–Crippen LogP) is 3.13. The number of carbonyl (C=O) groups excluding carboxylic acids is 1. The Kier molecular flexibility index (Phi) is 6.40. The Morgan fingerprint density at radius 1 is 1.15 bits per heavy atom. The molecule has 0 saturated carbocycles. The third kappa shape index (κ3) is 4.66. The lowest BCUT2D eigenvalue weighted by atomic mass is 10.1. The van der Waals surface area contributed by atoms with E-state index >= 15 is 0 Å². The maximum absolute atomic E-state index is 13.6. The van der Waals surface area contributed by atoms with Crippen molar-refractivity contribution in [3.8, 4) is 11.6 Å². The fraction of sp³-hybridized carbons (Fsp3) is 0.409. The average Bonchev–Trinajstić information content (AvgIpc) is 3.27. The van der Waals surface area contributed by atoms with E-state index in [1.165, 1.54) is 4.80 Å². The number of rotatable bonds is 4. The Hall–Kier alpha value is -3.70. The van der Waals surface area contributed by atoms with Crippen LogP contribution in [0.1, 0.15) is 34.8 Å². The maximum atomic E-state index is 13.6. The SMILES string of the molecule is COc1nc(N2CC[C@H](C)N(C(=O)c3cc(C)ccc3-n3nccn3)CC2)ncc1C(F)(F)F. The van der Waals surface area contributed by atoms with Crippen LogP contribution in [0.25, 0.3) is 5.69 Å². The zero-order chi connectivity index (χ0) is 24.5. The highest BCUT2D eigenvalue weighted by Crippen LogP contribution is 2.35. The zero-order valence-corrected chi connectivity index (χ0v) is 19.0. The van der Waals surface area contributed by atoms with Crippen LogP contribution in [0.2, 0.25) is 0 Å². The number of nitrogens with zero attached hydrogens (tertiary/aromatic N) is 7. The van der Waals surface area contributed by atoms with Gasteiger partial charge in [-0.1, -0.05) is 11.6 Å². The molecule has 1 aromatic carbocycles. The maximum Gasteiger partial charge on any atom is 0.423 e. The van der Waals surface area contributed by atoms with Crippen LogP contribution in [0.4, 0.5) is 19.1 Å². The topological polar surface area (TPSA) is 89.3 Å². The number of alkyl halides is 3. The summed E-state index contributed by atoms with van der Waals surface area (Å²) in [6.45, 7) is 5.01. The summed E-state index contributed by atoms with van der Waals surface area (Å²) in [6, 6.07) is 5.38. The number of anilines is 1. The first-order valence-corrected chi connectivity index (χ1v) is 10.7. The smallest absolute Gasteiger partial charge is 0.423 e. The number of halogens is 3. The summed E-state index contributed by atoms with van der Waals surface area (Å²) in [7, 11) is 1.14. The van der Waals surface area contributed by atoms with E-state index in [1.807, 2.05) is 19.9 Å². The summed E-state index contributed by atoms with van der Waals surface area (Å²) >= 11 is 0. The molecule has 1 fully saturated rings. The van der Waals surface area contributed by atoms with Crippen LogP contribution in [0.5, 0.6) is 5.88 Å². The van der Waals surface area contributed by atoms with Gasteiger partial charge in [0.25, 0.3) is 5.91 Å². The summed E-state index contributed by atoms with van der Waals surface area (Å²) in [4.78, 5) is 26.4. The standard InChI is InChI=1S/C22H24F3N7O2/c1-14-4-5-18(32-27-7-8-28-32)16(12-14)20(33)31-11-10-30(9-6-15(31)2)21-26-13-17(22(23,24)25)19(29-21)34-3/h4-5,7-8,12-13,15H,6,9-11H2,1-3H3/t15-/m0/s1. The Bertz CT molecular complexity index is 1170. The van der Waals surface area contributed by atoms with Gasteiger partial charge in [0.15, 0.2) is 0 Å². The van der Waals surface area contributed by atoms with Gasteiger partial charge in [0.2, 0.25) is 11.8 Å². The minimum absolute atomic E-state index is 0.118. The van der Waals surface area contributed by atoms with Crippen LogP contribution in [0, 0.1) is 6.92 Å². The van der Waals surface area contributed by atoms with E-state index in [9.17, 15) is 18.0 Å². The predicted molar refractivity (Wildman–Crippen MR) is 117 cm³/mol. The third-order valence-electron chi connectivity index (χ3n) is 5.76. The van der Waals surface area contributed by atoms with Gasteiger partial charge in [-0.2, -0.15) is 33.1 Å². The summed E-state index contributed by atoms with van der Waals surface area (Å²) in [5.74, 6) is -0.571. The molecule has 9 nitrogen and oxygen atoms in total. The van der Waals surface area contributed by atoms with Crippen molar-refractivity contribution in [2.75, 3.05) is 31.6 Å². The first-order chi connectivity index (χ1) is 16.2. The van der Waals surface area contributed by atoms with Gasteiger partial charge in [0, 0.05) is 31.9 Å². The van der Waals surface area contributed by atoms with Crippen LogP contribution in [-0.4, -0.2) is 68.6 Å². The van der Waals surface area contributed by atoms with Crippen LogP contribution >= 0.6 is 0 Å². The van der Waals surface area contributed by atoms with Crippen molar-refractivity contribution in [1.82, 2.24) is 29.9 Å². The first kappa shape index (κ1) is 23.5. The molecule has 4 rings (SSSR count). The highest BCUT2D eigenvalue weighted by atomic mass is 19.4. The van der Waals surface area contributed by atoms with Gasteiger partial charge in [-0.3, -0.25) is 4.79 Å². The van der Waals surface area contributed by atoms with Gasteiger partial charge in [-0.15, -0.1) is 0 Å². The van der Waals surface area contributed by atoms with Crippen LogP contribution in [0.15, 0.2) is 36.8 Å². The van der Waals surface area contributed by atoms with Gasteiger partial charge in [-0.25, -0.2) is 4.98 Å². The fourth-order valence-corrected chi connectivity index (χ4v) is 3.91. The molecule has 12 heteroatoms. The molecule has 0 bridgehead atoms. The Morgan fingerprint density at radius 3 is 2.56 bits per heavy atom. The zero-order valence-electron chi connectivity index (χ0n) is 19.0. The molecule has 0 radical (unpaired) electrons. The molecule has 0 N–H and O–H groups in total.